The number of nitrogens with one attached hydrogen (secondary N) is 2. The monoisotopic (exact) mass is 548 g/mol. The van der Waals surface area contributed by atoms with Crippen LogP contribution in [-0.2, 0) is 27.1 Å². The highest BCUT2D eigenvalue weighted by Crippen LogP contribution is 2.19. The Morgan fingerprint density at radius 3 is 2.62 bits per heavy atom. The minimum Gasteiger partial charge on any atom is -0.546 e. The maximum atomic E-state index is 12.8. The average Bonchev–Trinajstić information content (AvgIpc) is 3.23. The number of nitrogens with zero attached hydrogens (tertiary/aromatic N) is 3. The van der Waals surface area contributed by atoms with E-state index in [-0.39, 0.29) is 49.3 Å². The molecular formula is C27H33BN6O6. The number of hydrogen-bond acceptors (Lipinski definition) is 10. The van der Waals surface area contributed by atoms with Crippen molar-refractivity contribution >= 4 is 30.0 Å². The third-order valence-corrected chi connectivity index (χ3v) is 5.76. The van der Waals surface area contributed by atoms with Gasteiger partial charge in [0, 0.05) is 13.4 Å². The summed E-state index contributed by atoms with van der Waals surface area (Å²) in [5.74, 6) is 0.417. The van der Waals surface area contributed by atoms with Crippen molar-refractivity contribution in [2.45, 2.75) is 32.8 Å². The van der Waals surface area contributed by atoms with E-state index in [4.69, 9.17) is 24.6 Å². The molecule has 13 heteroatoms. The minimum absolute atomic E-state index is 0.00395. The fourth-order valence-electron chi connectivity index (χ4n) is 4.03. The van der Waals surface area contributed by atoms with Crippen molar-refractivity contribution in [2.24, 2.45) is 0 Å². The van der Waals surface area contributed by atoms with E-state index in [0.717, 1.165) is 11.1 Å². The van der Waals surface area contributed by atoms with Crippen LogP contribution in [0.5, 0.6) is 11.8 Å². The lowest BCUT2D eigenvalue weighted by atomic mass is 9.74. The predicted molar refractivity (Wildman–Crippen MR) is 151 cm³/mol. The summed E-state index contributed by atoms with van der Waals surface area (Å²) in [5, 5.41) is 3.14. The van der Waals surface area contributed by atoms with Gasteiger partial charge in [0.25, 0.3) is 0 Å². The Labute approximate surface area is 232 Å². The van der Waals surface area contributed by atoms with Gasteiger partial charge in [-0.2, -0.15) is 9.97 Å². The normalized spacial score (nSPS) is 11.1. The Morgan fingerprint density at radius 1 is 1.10 bits per heavy atom. The molecule has 0 bridgehead atoms. The lowest BCUT2D eigenvalue weighted by Crippen LogP contribution is -2.45. The standard InChI is InChI=1S/C27H33BN6O6/c1-18(2)39-22(35)16-30-28(40-21-10-5-4-6-11-21)15-19-8-7-9-20(14-19)17-34-25-23(31-27(34)36)24(29)32-26(33-25)38-13-12-37-3/h4-11,14,18,30H,12-13,15-17H2,1-3H3,(H,31,36)(H2,29,32,33). The largest absolute Gasteiger partial charge is 0.546 e. The first-order valence-electron chi connectivity index (χ1n) is 12.9. The van der Waals surface area contributed by atoms with Crippen LogP contribution < -0.4 is 26.0 Å². The lowest BCUT2D eigenvalue weighted by molar-refractivity contribution is -0.145. The number of methoxy groups -OCH3 is 1. The molecule has 210 valence electrons. The van der Waals surface area contributed by atoms with Crippen LogP contribution in [0.15, 0.2) is 59.4 Å². The van der Waals surface area contributed by atoms with Crippen LogP contribution in [0.1, 0.15) is 25.0 Å². The second-order valence-electron chi connectivity index (χ2n) is 9.31. The molecule has 0 spiro atoms. The number of para-hydroxylation sites is 1. The summed E-state index contributed by atoms with van der Waals surface area (Å²) in [6.45, 7) is 4.44. The molecule has 0 saturated heterocycles. The summed E-state index contributed by atoms with van der Waals surface area (Å²) in [6.07, 6.45) is 0.244. The number of carbonyl (C=O) groups is 1. The van der Waals surface area contributed by atoms with Gasteiger partial charge >= 0.3 is 24.7 Å². The van der Waals surface area contributed by atoms with Crippen LogP contribution in [0, 0.1) is 0 Å². The summed E-state index contributed by atoms with van der Waals surface area (Å²) < 4.78 is 23.4. The first-order valence-corrected chi connectivity index (χ1v) is 12.9. The van der Waals surface area contributed by atoms with E-state index >= 15 is 0 Å². The topological polar surface area (TPSA) is 156 Å². The molecule has 0 radical (unpaired) electrons. The summed E-state index contributed by atoms with van der Waals surface area (Å²) in [4.78, 5) is 36.2. The summed E-state index contributed by atoms with van der Waals surface area (Å²) in [6, 6.07) is 17.2. The molecule has 4 aromatic rings. The number of H-pyrrole nitrogens is 1. The van der Waals surface area contributed by atoms with Crippen molar-refractivity contribution in [1.29, 1.82) is 0 Å². The van der Waals surface area contributed by atoms with E-state index < -0.39 is 7.05 Å². The first kappa shape index (κ1) is 28.6. The number of imidazole rings is 1. The zero-order valence-electron chi connectivity index (χ0n) is 22.8. The number of fused-ring (bicyclic) bond motifs is 1. The van der Waals surface area contributed by atoms with Crippen LogP contribution in [0.2, 0.25) is 0 Å². The van der Waals surface area contributed by atoms with Crippen molar-refractivity contribution in [1.82, 2.24) is 24.7 Å². The van der Waals surface area contributed by atoms with E-state index in [9.17, 15) is 9.59 Å². The molecule has 12 nitrogen and oxygen atoms in total. The summed E-state index contributed by atoms with van der Waals surface area (Å²) >= 11 is 0. The summed E-state index contributed by atoms with van der Waals surface area (Å²) in [7, 11) is 1.06. The minimum atomic E-state index is -0.507. The lowest BCUT2D eigenvalue weighted by Gasteiger charge is -2.17. The third-order valence-electron chi connectivity index (χ3n) is 5.76. The van der Waals surface area contributed by atoms with Crippen LogP contribution in [0.25, 0.3) is 11.2 Å². The second kappa shape index (κ2) is 13.6. The number of nitrogen functional groups attached to an aromatic ring is 1. The van der Waals surface area contributed by atoms with Gasteiger partial charge in [-0.25, -0.2) is 4.79 Å². The van der Waals surface area contributed by atoms with E-state index in [1.54, 1.807) is 21.0 Å². The van der Waals surface area contributed by atoms with Crippen LogP contribution >= 0.6 is 0 Å². The van der Waals surface area contributed by atoms with Crippen LogP contribution in [0.4, 0.5) is 5.82 Å². The zero-order valence-corrected chi connectivity index (χ0v) is 22.8. The van der Waals surface area contributed by atoms with Crippen molar-refractivity contribution in [3.05, 3.63) is 76.2 Å². The molecule has 2 heterocycles. The van der Waals surface area contributed by atoms with E-state index in [1.165, 1.54) is 4.57 Å². The summed E-state index contributed by atoms with van der Waals surface area (Å²) in [5.41, 5.74) is 8.16. The van der Waals surface area contributed by atoms with Gasteiger partial charge < -0.3 is 34.8 Å². The molecule has 4 rings (SSSR count). The number of aromatic nitrogens is 4. The zero-order chi connectivity index (χ0) is 28.5. The molecule has 4 N–H and O–H groups in total. The van der Waals surface area contributed by atoms with Crippen molar-refractivity contribution in [2.75, 3.05) is 32.6 Å². The van der Waals surface area contributed by atoms with Gasteiger partial charge in [-0.1, -0.05) is 42.5 Å². The molecule has 2 aromatic carbocycles. The Hall–Kier alpha value is -4.36. The Morgan fingerprint density at radius 2 is 1.88 bits per heavy atom. The van der Waals surface area contributed by atoms with Gasteiger partial charge in [-0.15, -0.1) is 0 Å². The Kier molecular flexibility index (Phi) is 9.76. The van der Waals surface area contributed by atoms with E-state index in [1.807, 2.05) is 54.6 Å². The van der Waals surface area contributed by atoms with Gasteiger partial charge in [-0.05, 0) is 37.1 Å². The molecule has 0 unspecified atom stereocenters. The molecule has 0 aliphatic carbocycles. The van der Waals surface area contributed by atoms with E-state index in [0.29, 0.717) is 29.8 Å². The average molecular weight is 548 g/mol. The third kappa shape index (κ3) is 7.84. The van der Waals surface area contributed by atoms with E-state index in [2.05, 4.69) is 20.2 Å². The SMILES string of the molecule is COCCOc1nc(N)c2[nH]c(=O)n(Cc3cccc(CB(NCC(=O)OC(C)C)Oc4ccccc4)c3)c2n1. The number of rotatable bonds is 14. The quantitative estimate of drug-likeness (QED) is 0.121. The number of carbonyl (C=O) groups excluding carboxylic acids is 1. The first-order chi connectivity index (χ1) is 19.3. The van der Waals surface area contributed by atoms with Gasteiger partial charge in [0.1, 0.15) is 12.1 Å². The molecule has 40 heavy (non-hydrogen) atoms. The molecule has 0 amide bonds. The van der Waals surface area contributed by atoms with Crippen molar-refractivity contribution in [3.63, 3.8) is 0 Å². The van der Waals surface area contributed by atoms with Crippen molar-refractivity contribution < 1.29 is 23.7 Å². The fourth-order valence-corrected chi connectivity index (χ4v) is 4.03. The molecule has 0 aliphatic heterocycles. The highest BCUT2D eigenvalue weighted by atomic mass is 16.5. The Balaban J connectivity index is 1.53. The predicted octanol–water partition coefficient (Wildman–Crippen LogP) is 1.97. The smallest absolute Gasteiger partial charge is 0.451 e. The number of nitrogens with two attached hydrogens (primary N) is 1. The van der Waals surface area contributed by atoms with Crippen LogP contribution in [0.3, 0.4) is 0 Å². The number of benzene rings is 2. The van der Waals surface area contributed by atoms with Crippen molar-refractivity contribution in [3.8, 4) is 11.8 Å². The highest BCUT2D eigenvalue weighted by molar-refractivity contribution is 6.49. The fraction of sp³-hybridized carbons (Fsp3) is 0.333. The molecule has 0 aliphatic rings. The molecule has 2 aromatic heterocycles. The molecule has 0 saturated carbocycles. The number of hydrogen-bond donors (Lipinski definition) is 3. The number of ether oxygens (including phenoxy) is 3. The van der Waals surface area contributed by atoms with Gasteiger partial charge in [0.15, 0.2) is 11.5 Å². The molecular weight excluding hydrogens is 515 g/mol. The number of anilines is 1. The second-order valence-corrected chi connectivity index (χ2v) is 9.31. The Bertz CT molecular complexity index is 1480. The number of esters is 1. The van der Waals surface area contributed by atoms with Gasteiger partial charge in [-0.3, -0.25) is 9.36 Å². The molecule has 0 atom stereocenters. The highest BCUT2D eigenvalue weighted by Gasteiger charge is 2.22. The van der Waals surface area contributed by atoms with Gasteiger partial charge in [0.05, 0.1) is 31.5 Å². The van der Waals surface area contributed by atoms with Gasteiger partial charge in [0.2, 0.25) is 0 Å². The molecule has 0 fully saturated rings. The maximum absolute atomic E-state index is 12.8. The maximum Gasteiger partial charge on any atom is 0.451 e. The van der Waals surface area contributed by atoms with Crippen LogP contribution in [-0.4, -0.2) is 65.5 Å². The number of aromatic amines is 1.